The Morgan fingerprint density at radius 1 is 1.21 bits per heavy atom. The zero-order valence-corrected chi connectivity index (χ0v) is 20.8. The Morgan fingerprint density at radius 3 is 2.55 bits per heavy atom. The molecular formula is C24H28F5N7O2. The summed E-state index contributed by atoms with van der Waals surface area (Å²) in [6.45, 7) is 1.65. The Hall–Kier alpha value is -3.58. The number of benzene rings is 1. The summed E-state index contributed by atoms with van der Waals surface area (Å²) in [5, 5.41) is 9.32. The van der Waals surface area contributed by atoms with Crippen molar-refractivity contribution in [3.05, 3.63) is 41.7 Å². The molecule has 2 amide bonds. The minimum absolute atomic E-state index is 0.0598. The maximum absolute atomic E-state index is 13.8. The molecule has 1 fully saturated rings. The first-order chi connectivity index (χ1) is 17.8. The highest BCUT2D eigenvalue weighted by Crippen LogP contribution is 2.41. The largest absolute Gasteiger partial charge is 0.389 e. The van der Waals surface area contributed by atoms with Crippen molar-refractivity contribution in [3.63, 3.8) is 0 Å². The number of fused-ring (bicyclic) bond motifs is 1. The first kappa shape index (κ1) is 27.5. The second-order valence-corrected chi connectivity index (χ2v) is 9.65. The molecule has 0 spiro atoms. The fourth-order valence-electron chi connectivity index (χ4n) is 4.63. The normalized spacial score (nSPS) is 17.8. The van der Waals surface area contributed by atoms with Crippen LogP contribution in [-0.4, -0.2) is 48.6 Å². The Morgan fingerprint density at radius 2 is 1.92 bits per heavy atom. The number of aromatic nitrogens is 5. The van der Waals surface area contributed by atoms with E-state index in [1.807, 2.05) is 0 Å². The minimum atomic E-state index is -4.42. The van der Waals surface area contributed by atoms with Gasteiger partial charge < -0.3 is 15.6 Å². The third-order valence-electron chi connectivity index (χ3n) is 6.77. The summed E-state index contributed by atoms with van der Waals surface area (Å²) in [7, 11) is 1.56. The van der Waals surface area contributed by atoms with Crippen molar-refractivity contribution in [2.24, 2.45) is 13.0 Å². The van der Waals surface area contributed by atoms with Gasteiger partial charge in [-0.1, -0.05) is 6.07 Å². The summed E-state index contributed by atoms with van der Waals surface area (Å²) < 4.78 is 66.2. The highest BCUT2D eigenvalue weighted by Gasteiger charge is 2.40. The number of rotatable bonds is 8. The number of carbonyl (C=O) groups is 2. The monoisotopic (exact) mass is 541 g/mol. The number of aromatic amines is 1. The van der Waals surface area contributed by atoms with E-state index in [9.17, 15) is 31.5 Å². The second-order valence-electron chi connectivity index (χ2n) is 9.65. The van der Waals surface area contributed by atoms with Gasteiger partial charge in [0.25, 0.3) is 5.91 Å². The van der Waals surface area contributed by atoms with E-state index >= 15 is 0 Å². The molecule has 1 aliphatic carbocycles. The standard InChI is InChI=1S/C24H28F5N7O2/c1-13(32-18(37)7-10-24(27,28)29)15-3-4-16-17(11-15)34-20(33-16)19(14-5-8-23(25,26)9-6-14)35-22(38)21-30-12-31-36(21)2/h3-4,11-14,19H,5-10H2,1-2H3,(H,32,37)(H,33,34)(H,35,38)/t13-,19+/m1/s1. The topological polar surface area (TPSA) is 118 Å². The van der Waals surface area contributed by atoms with Crippen LogP contribution in [0.15, 0.2) is 24.5 Å². The van der Waals surface area contributed by atoms with Crippen molar-refractivity contribution in [2.45, 2.75) is 69.6 Å². The van der Waals surface area contributed by atoms with Crippen LogP contribution in [0.4, 0.5) is 22.0 Å². The zero-order valence-electron chi connectivity index (χ0n) is 20.8. The Bertz CT molecular complexity index is 1290. The highest BCUT2D eigenvalue weighted by atomic mass is 19.4. The number of alkyl halides is 5. The van der Waals surface area contributed by atoms with Gasteiger partial charge in [-0.3, -0.25) is 9.59 Å². The molecule has 1 aromatic carbocycles. The molecule has 0 bridgehead atoms. The van der Waals surface area contributed by atoms with Crippen LogP contribution in [0.5, 0.6) is 0 Å². The van der Waals surface area contributed by atoms with Crippen LogP contribution < -0.4 is 10.6 Å². The lowest BCUT2D eigenvalue weighted by atomic mass is 9.81. The van der Waals surface area contributed by atoms with Gasteiger partial charge in [-0.25, -0.2) is 23.4 Å². The predicted octanol–water partition coefficient (Wildman–Crippen LogP) is 4.51. The number of H-pyrrole nitrogens is 1. The molecule has 0 radical (unpaired) electrons. The van der Waals surface area contributed by atoms with Crippen LogP contribution in [0.2, 0.25) is 0 Å². The molecular weight excluding hydrogens is 513 g/mol. The van der Waals surface area contributed by atoms with Crippen LogP contribution in [0.25, 0.3) is 11.0 Å². The van der Waals surface area contributed by atoms with E-state index < -0.39 is 48.8 Å². The van der Waals surface area contributed by atoms with Crippen LogP contribution in [0.3, 0.4) is 0 Å². The fourth-order valence-corrected chi connectivity index (χ4v) is 4.63. The average molecular weight is 542 g/mol. The van der Waals surface area contributed by atoms with Gasteiger partial charge in [0, 0.05) is 26.3 Å². The molecule has 9 nitrogen and oxygen atoms in total. The third-order valence-corrected chi connectivity index (χ3v) is 6.77. The van der Waals surface area contributed by atoms with E-state index in [2.05, 4.69) is 30.7 Å². The minimum Gasteiger partial charge on any atom is -0.350 e. The SMILES string of the molecule is C[C@@H](NC(=O)CCC(F)(F)F)c1ccc2nc([C@@H](NC(=O)c3ncnn3C)C3CCC(F)(F)CC3)[nH]c2c1. The first-order valence-corrected chi connectivity index (χ1v) is 12.2. The summed E-state index contributed by atoms with van der Waals surface area (Å²) in [5.41, 5.74) is 1.73. The van der Waals surface area contributed by atoms with E-state index in [1.54, 1.807) is 32.2 Å². The van der Waals surface area contributed by atoms with Gasteiger partial charge in [-0.2, -0.15) is 18.3 Å². The number of amides is 2. The fraction of sp³-hybridized carbons (Fsp3) is 0.542. The van der Waals surface area contributed by atoms with Crippen molar-refractivity contribution in [3.8, 4) is 0 Å². The molecule has 4 rings (SSSR count). The molecule has 14 heteroatoms. The molecule has 1 aliphatic rings. The maximum Gasteiger partial charge on any atom is 0.389 e. The molecule has 3 N–H and O–H groups in total. The van der Waals surface area contributed by atoms with Crippen LogP contribution in [-0.2, 0) is 11.8 Å². The summed E-state index contributed by atoms with van der Waals surface area (Å²) in [6, 6.07) is 3.80. The molecule has 3 aromatic rings. The molecule has 206 valence electrons. The molecule has 0 saturated heterocycles. The summed E-state index contributed by atoms with van der Waals surface area (Å²) >= 11 is 0. The van der Waals surface area contributed by atoms with Gasteiger partial charge in [-0.05, 0) is 43.4 Å². The van der Waals surface area contributed by atoms with E-state index in [1.165, 1.54) is 11.0 Å². The van der Waals surface area contributed by atoms with Gasteiger partial charge in [0.05, 0.1) is 29.5 Å². The molecule has 0 unspecified atom stereocenters. The van der Waals surface area contributed by atoms with Crippen molar-refractivity contribution in [1.29, 1.82) is 0 Å². The predicted molar refractivity (Wildman–Crippen MR) is 126 cm³/mol. The second kappa shape index (κ2) is 10.7. The van der Waals surface area contributed by atoms with Gasteiger partial charge in [0.2, 0.25) is 17.7 Å². The lowest BCUT2D eigenvalue weighted by molar-refractivity contribution is -0.144. The van der Waals surface area contributed by atoms with Crippen molar-refractivity contribution in [1.82, 2.24) is 35.4 Å². The highest BCUT2D eigenvalue weighted by molar-refractivity contribution is 5.91. The number of nitrogens with one attached hydrogen (secondary N) is 3. The van der Waals surface area contributed by atoms with E-state index in [4.69, 9.17) is 0 Å². The Balaban J connectivity index is 1.55. The zero-order chi connectivity index (χ0) is 27.7. The van der Waals surface area contributed by atoms with Crippen LogP contribution in [0.1, 0.15) is 79.5 Å². The van der Waals surface area contributed by atoms with Gasteiger partial charge in [-0.15, -0.1) is 0 Å². The first-order valence-electron chi connectivity index (χ1n) is 12.2. The van der Waals surface area contributed by atoms with Gasteiger partial charge >= 0.3 is 6.18 Å². The van der Waals surface area contributed by atoms with Crippen molar-refractivity contribution < 1.29 is 31.5 Å². The molecule has 2 heterocycles. The van der Waals surface area contributed by atoms with Gasteiger partial charge in [0.15, 0.2) is 0 Å². The molecule has 1 saturated carbocycles. The number of aryl methyl sites for hydroxylation is 1. The van der Waals surface area contributed by atoms with Crippen molar-refractivity contribution in [2.75, 3.05) is 0 Å². The number of imidazole rings is 1. The lowest BCUT2D eigenvalue weighted by Gasteiger charge is -2.33. The molecule has 38 heavy (non-hydrogen) atoms. The van der Waals surface area contributed by atoms with E-state index in [-0.39, 0.29) is 37.4 Å². The molecule has 0 aliphatic heterocycles. The summed E-state index contributed by atoms with van der Waals surface area (Å²) in [6.07, 6.45) is -5.30. The van der Waals surface area contributed by atoms with Crippen LogP contribution >= 0.6 is 0 Å². The number of hydrogen-bond acceptors (Lipinski definition) is 5. The lowest BCUT2D eigenvalue weighted by Crippen LogP contribution is -2.38. The van der Waals surface area contributed by atoms with E-state index in [0.29, 0.717) is 22.4 Å². The third kappa shape index (κ3) is 6.64. The summed E-state index contributed by atoms with van der Waals surface area (Å²) in [5.74, 6) is -3.87. The number of hydrogen-bond donors (Lipinski definition) is 3. The molecule has 2 aromatic heterocycles. The van der Waals surface area contributed by atoms with Crippen LogP contribution in [0, 0.1) is 5.92 Å². The van der Waals surface area contributed by atoms with Crippen molar-refractivity contribution >= 4 is 22.8 Å². The maximum atomic E-state index is 13.8. The van der Waals surface area contributed by atoms with E-state index in [0.717, 1.165) is 0 Å². The van der Waals surface area contributed by atoms with Gasteiger partial charge in [0.1, 0.15) is 12.2 Å². The number of nitrogens with zero attached hydrogens (tertiary/aromatic N) is 4. The Kier molecular flexibility index (Phi) is 7.70. The average Bonchev–Trinajstić information content (AvgIpc) is 3.46. The Labute approximate surface area is 214 Å². The smallest absolute Gasteiger partial charge is 0.350 e. The quantitative estimate of drug-likeness (QED) is 0.363. The molecule has 2 atom stereocenters. The number of carbonyl (C=O) groups excluding carboxylic acids is 2. The summed E-state index contributed by atoms with van der Waals surface area (Å²) in [4.78, 5) is 36.5. The number of halogens is 5.